The Kier molecular flexibility index (Phi) is 4.73. The van der Waals surface area contributed by atoms with Crippen LogP contribution in [-0.2, 0) is 14.6 Å². The molecule has 1 atom stereocenters. The van der Waals surface area contributed by atoms with E-state index in [1.807, 2.05) is 13.8 Å². The van der Waals surface area contributed by atoms with E-state index in [1.54, 1.807) is 0 Å². The second-order valence-corrected chi connectivity index (χ2v) is 6.81. The van der Waals surface area contributed by atoms with Crippen LogP contribution in [0.1, 0.15) is 20.3 Å². The molecule has 16 heavy (non-hydrogen) atoms. The topological polar surface area (TPSA) is 75.3 Å². The summed E-state index contributed by atoms with van der Waals surface area (Å²) in [6.45, 7) is 5.27. The van der Waals surface area contributed by atoms with Gasteiger partial charge in [0.05, 0.1) is 5.75 Å². The highest BCUT2D eigenvalue weighted by atomic mass is 32.2. The van der Waals surface area contributed by atoms with E-state index in [0.717, 1.165) is 19.5 Å². The zero-order chi connectivity index (χ0) is 12.2. The molecule has 2 N–H and O–H groups in total. The van der Waals surface area contributed by atoms with Crippen LogP contribution in [0.4, 0.5) is 0 Å². The molecule has 0 aromatic heterocycles. The Morgan fingerprint density at radius 3 is 2.69 bits per heavy atom. The number of amides is 1. The van der Waals surface area contributed by atoms with Crippen LogP contribution in [-0.4, -0.2) is 45.0 Å². The second-order valence-electron chi connectivity index (χ2n) is 4.71. The first-order valence-corrected chi connectivity index (χ1v) is 7.41. The molecule has 0 saturated carbocycles. The first-order valence-electron chi connectivity index (χ1n) is 5.59. The van der Waals surface area contributed by atoms with Crippen LogP contribution in [0.5, 0.6) is 0 Å². The van der Waals surface area contributed by atoms with Crippen molar-refractivity contribution in [2.24, 2.45) is 5.92 Å². The number of carbonyl (C=O) groups is 1. The van der Waals surface area contributed by atoms with Gasteiger partial charge in [-0.25, -0.2) is 8.42 Å². The normalized spacial score (nSPS) is 21.3. The van der Waals surface area contributed by atoms with Crippen LogP contribution in [0.25, 0.3) is 0 Å². The number of hydrogen-bond acceptors (Lipinski definition) is 4. The molecule has 0 aromatic carbocycles. The smallest absolute Gasteiger partial charge is 0.235 e. The zero-order valence-electron chi connectivity index (χ0n) is 9.82. The largest absolute Gasteiger partial charge is 0.351 e. The molecule has 0 spiro atoms. The first kappa shape index (κ1) is 13.4. The van der Waals surface area contributed by atoms with Gasteiger partial charge in [-0.3, -0.25) is 4.79 Å². The van der Waals surface area contributed by atoms with E-state index in [1.165, 1.54) is 0 Å². The number of nitrogens with one attached hydrogen (secondary N) is 2. The standard InChI is InChI=1S/C10H20N2O3S/c1-8(2)6-16(14,15)7-10(13)12-9-3-4-11-5-9/h8-9,11H,3-7H2,1-2H3,(H,12,13). The molecule has 1 unspecified atom stereocenters. The number of rotatable bonds is 5. The maximum Gasteiger partial charge on any atom is 0.235 e. The quantitative estimate of drug-likeness (QED) is 0.690. The van der Waals surface area contributed by atoms with Gasteiger partial charge in [-0.15, -0.1) is 0 Å². The van der Waals surface area contributed by atoms with Gasteiger partial charge in [0.2, 0.25) is 5.91 Å². The summed E-state index contributed by atoms with van der Waals surface area (Å²) in [6.07, 6.45) is 0.871. The van der Waals surface area contributed by atoms with Gasteiger partial charge in [0.25, 0.3) is 0 Å². The summed E-state index contributed by atoms with van der Waals surface area (Å²) in [5.41, 5.74) is 0. The summed E-state index contributed by atoms with van der Waals surface area (Å²) in [6, 6.07) is 0.0850. The molecule has 0 aliphatic carbocycles. The van der Waals surface area contributed by atoms with Crippen molar-refractivity contribution in [3.8, 4) is 0 Å². The Balaban J connectivity index is 2.38. The molecule has 1 aliphatic rings. The van der Waals surface area contributed by atoms with Gasteiger partial charge in [-0.1, -0.05) is 13.8 Å². The van der Waals surface area contributed by atoms with Crippen molar-refractivity contribution in [2.45, 2.75) is 26.3 Å². The Bertz CT molecular complexity index is 332. The van der Waals surface area contributed by atoms with Gasteiger partial charge in [0, 0.05) is 12.6 Å². The fourth-order valence-corrected chi connectivity index (χ4v) is 3.43. The molecule has 0 bridgehead atoms. The van der Waals surface area contributed by atoms with E-state index in [-0.39, 0.29) is 29.4 Å². The van der Waals surface area contributed by atoms with E-state index >= 15 is 0 Å². The van der Waals surface area contributed by atoms with Crippen molar-refractivity contribution in [3.63, 3.8) is 0 Å². The van der Waals surface area contributed by atoms with Gasteiger partial charge in [-0.05, 0) is 18.9 Å². The van der Waals surface area contributed by atoms with Crippen LogP contribution in [0.15, 0.2) is 0 Å². The van der Waals surface area contributed by atoms with Gasteiger partial charge < -0.3 is 10.6 Å². The van der Waals surface area contributed by atoms with Gasteiger partial charge in [0.15, 0.2) is 9.84 Å². The number of sulfone groups is 1. The highest BCUT2D eigenvalue weighted by Gasteiger charge is 2.21. The van der Waals surface area contributed by atoms with Gasteiger partial charge >= 0.3 is 0 Å². The SMILES string of the molecule is CC(C)CS(=O)(=O)CC(=O)NC1CCNC1. The average molecular weight is 248 g/mol. The van der Waals surface area contributed by atoms with Crippen LogP contribution in [0.2, 0.25) is 0 Å². The predicted molar refractivity (Wildman–Crippen MR) is 62.9 cm³/mol. The van der Waals surface area contributed by atoms with Crippen molar-refractivity contribution in [1.82, 2.24) is 10.6 Å². The van der Waals surface area contributed by atoms with Crippen LogP contribution < -0.4 is 10.6 Å². The molecule has 1 aliphatic heterocycles. The molecule has 0 radical (unpaired) electrons. The minimum absolute atomic E-state index is 0.0611. The Labute approximate surface area is 96.9 Å². The summed E-state index contributed by atoms with van der Waals surface area (Å²) < 4.78 is 23.1. The van der Waals surface area contributed by atoms with Crippen LogP contribution in [0.3, 0.4) is 0 Å². The number of carbonyl (C=O) groups excluding carboxylic acids is 1. The minimum Gasteiger partial charge on any atom is -0.351 e. The van der Waals surface area contributed by atoms with Crippen molar-refractivity contribution in [1.29, 1.82) is 0 Å². The summed E-state index contributed by atoms with van der Waals surface area (Å²) in [5, 5.41) is 5.84. The van der Waals surface area contributed by atoms with Crippen molar-refractivity contribution in [3.05, 3.63) is 0 Å². The number of hydrogen-bond donors (Lipinski definition) is 2. The average Bonchev–Trinajstić information content (AvgIpc) is 2.51. The molecule has 1 fully saturated rings. The highest BCUT2D eigenvalue weighted by molar-refractivity contribution is 7.92. The third kappa shape index (κ3) is 4.94. The maximum atomic E-state index is 11.5. The Morgan fingerprint density at radius 1 is 1.50 bits per heavy atom. The molecule has 1 heterocycles. The minimum atomic E-state index is -3.25. The lowest BCUT2D eigenvalue weighted by molar-refractivity contribution is -0.119. The fraction of sp³-hybridized carbons (Fsp3) is 0.900. The monoisotopic (exact) mass is 248 g/mol. The van der Waals surface area contributed by atoms with E-state index in [4.69, 9.17) is 0 Å². The Hall–Kier alpha value is -0.620. The van der Waals surface area contributed by atoms with Gasteiger partial charge in [0.1, 0.15) is 5.75 Å². The fourth-order valence-electron chi connectivity index (χ4n) is 1.81. The summed E-state index contributed by atoms with van der Waals surface area (Å²) in [5.74, 6) is -0.634. The lowest BCUT2D eigenvalue weighted by Crippen LogP contribution is -2.40. The maximum absolute atomic E-state index is 11.5. The molecule has 0 aromatic rings. The summed E-state index contributed by atoms with van der Waals surface area (Å²) in [4.78, 5) is 11.5. The molecule has 1 saturated heterocycles. The molecule has 6 heteroatoms. The lowest BCUT2D eigenvalue weighted by atomic mass is 10.3. The summed E-state index contributed by atoms with van der Waals surface area (Å²) >= 11 is 0. The predicted octanol–water partition coefficient (Wildman–Crippen LogP) is -0.465. The van der Waals surface area contributed by atoms with E-state index < -0.39 is 9.84 Å². The molecule has 1 amide bonds. The van der Waals surface area contributed by atoms with Crippen LogP contribution >= 0.6 is 0 Å². The lowest BCUT2D eigenvalue weighted by Gasteiger charge is -2.12. The van der Waals surface area contributed by atoms with Gasteiger partial charge in [-0.2, -0.15) is 0 Å². The first-order chi connectivity index (χ1) is 7.39. The van der Waals surface area contributed by atoms with Crippen molar-refractivity contribution >= 4 is 15.7 Å². The Morgan fingerprint density at radius 2 is 2.19 bits per heavy atom. The van der Waals surface area contributed by atoms with E-state index in [0.29, 0.717) is 0 Å². The molecule has 1 rings (SSSR count). The second kappa shape index (κ2) is 5.63. The zero-order valence-corrected chi connectivity index (χ0v) is 10.6. The third-order valence-electron chi connectivity index (χ3n) is 2.36. The van der Waals surface area contributed by atoms with Crippen molar-refractivity contribution in [2.75, 3.05) is 24.6 Å². The molecule has 94 valence electrons. The third-order valence-corrected chi connectivity index (χ3v) is 4.24. The molecular weight excluding hydrogens is 228 g/mol. The van der Waals surface area contributed by atoms with E-state index in [9.17, 15) is 13.2 Å². The van der Waals surface area contributed by atoms with Crippen molar-refractivity contribution < 1.29 is 13.2 Å². The van der Waals surface area contributed by atoms with Crippen LogP contribution in [0, 0.1) is 5.92 Å². The summed E-state index contributed by atoms with van der Waals surface area (Å²) in [7, 11) is -3.25. The molecule has 5 nitrogen and oxygen atoms in total. The van der Waals surface area contributed by atoms with E-state index in [2.05, 4.69) is 10.6 Å². The highest BCUT2D eigenvalue weighted by Crippen LogP contribution is 2.02. The molecular formula is C10H20N2O3S.